The van der Waals surface area contributed by atoms with E-state index in [4.69, 9.17) is 4.74 Å². The second-order valence-corrected chi connectivity index (χ2v) is 6.21. The van der Waals surface area contributed by atoms with Crippen LogP contribution in [0.15, 0.2) is 35.0 Å². The minimum atomic E-state index is -0.820. The van der Waals surface area contributed by atoms with Crippen LogP contribution in [0.25, 0.3) is 0 Å². The fourth-order valence-electron chi connectivity index (χ4n) is 2.47. The molecule has 0 bridgehead atoms. The highest BCUT2D eigenvalue weighted by Crippen LogP contribution is 2.26. The van der Waals surface area contributed by atoms with Crippen molar-refractivity contribution in [1.29, 1.82) is 0 Å². The Labute approximate surface area is 123 Å². The maximum atomic E-state index is 10.4. The van der Waals surface area contributed by atoms with E-state index in [-0.39, 0.29) is 0 Å². The predicted octanol–water partition coefficient (Wildman–Crippen LogP) is 2.68. The molecule has 1 aliphatic rings. The highest BCUT2D eigenvalue weighted by Gasteiger charge is 2.22. The number of hydrogen-bond acceptors (Lipinski definition) is 4. The Morgan fingerprint density at radius 1 is 1.40 bits per heavy atom. The van der Waals surface area contributed by atoms with Gasteiger partial charge < -0.3 is 15.2 Å². The maximum Gasteiger partial charge on any atom is 0.122 e. The standard InChI is InChI=1S/C16H19NO2S/c1-16(18,14-5-7-20-10-14)11-17-9-12-2-3-15-13(8-12)4-6-19-15/h2-3,5,7-8,10,17-18H,4,6,9,11H2,1H3. The van der Waals surface area contributed by atoms with Crippen molar-refractivity contribution in [3.05, 3.63) is 51.7 Å². The Morgan fingerprint density at radius 2 is 2.30 bits per heavy atom. The van der Waals surface area contributed by atoms with Gasteiger partial charge in [-0.3, -0.25) is 0 Å². The summed E-state index contributed by atoms with van der Waals surface area (Å²) in [4.78, 5) is 0. The molecule has 0 radical (unpaired) electrons. The Balaban J connectivity index is 1.57. The smallest absolute Gasteiger partial charge is 0.122 e. The van der Waals surface area contributed by atoms with Crippen LogP contribution in [0, 0.1) is 0 Å². The minimum Gasteiger partial charge on any atom is -0.493 e. The molecule has 1 aromatic carbocycles. The molecular weight excluding hydrogens is 270 g/mol. The van der Waals surface area contributed by atoms with E-state index >= 15 is 0 Å². The van der Waals surface area contributed by atoms with Gasteiger partial charge in [-0.25, -0.2) is 0 Å². The molecule has 0 saturated carbocycles. The molecule has 0 saturated heterocycles. The molecule has 0 aliphatic carbocycles. The van der Waals surface area contributed by atoms with Gasteiger partial charge in [0.1, 0.15) is 5.75 Å². The molecule has 106 valence electrons. The fourth-order valence-corrected chi connectivity index (χ4v) is 3.26. The molecular formula is C16H19NO2S. The van der Waals surface area contributed by atoms with Crippen LogP contribution in [0.2, 0.25) is 0 Å². The average Bonchev–Trinajstić information content (AvgIpc) is 3.09. The molecule has 2 N–H and O–H groups in total. The van der Waals surface area contributed by atoms with Crippen LogP contribution >= 0.6 is 11.3 Å². The number of thiophene rings is 1. The highest BCUT2D eigenvalue weighted by molar-refractivity contribution is 7.08. The summed E-state index contributed by atoms with van der Waals surface area (Å²) in [5.74, 6) is 1.01. The Hall–Kier alpha value is -1.36. The molecule has 0 fully saturated rings. The van der Waals surface area contributed by atoms with Gasteiger partial charge in [0.2, 0.25) is 0 Å². The molecule has 3 rings (SSSR count). The van der Waals surface area contributed by atoms with Gasteiger partial charge in [-0.1, -0.05) is 12.1 Å². The van der Waals surface area contributed by atoms with Crippen LogP contribution in [0.1, 0.15) is 23.6 Å². The molecule has 1 aromatic heterocycles. The second kappa shape index (κ2) is 5.56. The van der Waals surface area contributed by atoms with Crippen LogP contribution in [0.4, 0.5) is 0 Å². The van der Waals surface area contributed by atoms with E-state index in [1.807, 2.05) is 29.8 Å². The SMILES string of the molecule is CC(O)(CNCc1ccc2c(c1)CCO2)c1ccsc1. The summed E-state index contributed by atoms with van der Waals surface area (Å²) >= 11 is 1.61. The van der Waals surface area contributed by atoms with Gasteiger partial charge in [-0.05, 0) is 46.5 Å². The zero-order chi connectivity index (χ0) is 14.0. The minimum absolute atomic E-state index is 0.539. The normalized spacial score (nSPS) is 16.5. The highest BCUT2D eigenvalue weighted by atomic mass is 32.1. The lowest BCUT2D eigenvalue weighted by molar-refractivity contribution is 0.0571. The molecule has 2 heterocycles. The van der Waals surface area contributed by atoms with Crippen LogP contribution in [-0.4, -0.2) is 18.3 Å². The molecule has 20 heavy (non-hydrogen) atoms. The summed E-state index contributed by atoms with van der Waals surface area (Å²) in [6.07, 6.45) is 0.996. The largest absolute Gasteiger partial charge is 0.493 e. The van der Waals surface area contributed by atoms with E-state index in [0.717, 1.165) is 30.9 Å². The summed E-state index contributed by atoms with van der Waals surface area (Å²) in [7, 11) is 0. The molecule has 2 aromatic rings. The number of hydrogen-bond donors (Lipinski definition) is 2. The average molecular weight is 289 g/mol. The van der Waals surface area contributed by atoms with E-state index < -0.39 is 5.60 Å². The number of rotatable bonds is 5. The second-order valence-electron chi connectivity index (χ2n) is 5.43. The fraction of sp³-hybridized carbons (Fsp3) is 0.375. The van der Waals surface area contributed by atoms with Crippen molar-refractivity contribution in [1.82, 2.24) is 5.32 Å². The molecule has 4 heteroatoms. The lowest BCUT2D eigenvalue weighted by atomic mass is 9.99. The quantitative estimate of drug-likeness (QED) is 0.889. The molecule has 1 aliphatic heterocycles. The van der Waals surface area contributed by atoms with Gasteiger partial charge in [0.25, 0.3) is 0 Å². The lowest BCUT2D eigenvalue weighted by Crippen LogP contribution is -2.34. The van der Waals surface area contributed by atoms with Crippen molar-refractivity contribution >= 4 is 11.3 Å². The van der Waals surface area contributed by atoms with Crippen molar-refractivity contribution in [3.8, 4) is 5.75 Å². The van der Waals surface area contributed by atoms with Gasteiger partial charge in [0.05, 0.1) is 12.2 Å². The molecule has 1 unspecified atom stereocenters. The number of nitrogens with one attached hydrogen (secondary N) is 1. The first-order valence-corrected chi connectivity index (χ1v) is 7.80. The molecule has 3 nitrogen and oxygen atoms in total. The Kier molecular flexibility index (Phi) is 3.78. The van der Waals surface area contributed by atoms with Crippen LogP contribution in [-0.2, 0) is 18.6 Å². The van der Waals surface area contributed by atoms with Gasteiger partial charge in [0.15, 0.2) is 0 Å². The van der Waals surface area contributed by atoms with Crippen molar-refractivity contribution < 1.29 is 9.84 Å². The van der Waals surface area contributed by atoms with Gasteiger partial charge in [-0.15, -0.1) is 0 Å². The van der Waals surface area contributed by atoms with Crippen molar-refractivity contribution in [2.75, 3.05) is 13.2 Å². The van der Waals surface area contributed by atoms with E-state index in [0.29, 0.717) is 6.54 Å². The van der Waals surface area contributed by atoms with Gasteiger partial charge in [0, 0.05) is 19.5 Å². The lowest BCUT2D eigenvalue weighted by Gasteiger charge is -2.23. The first kappa shape index (κ1) is 13.6. The van der Waals surface area contributed by atoms with Gasteiger partial charge in [-0.2, -0.15) is 11.3 Å². The van der Waals surface area contributed by atoms with Crippen LogP contribution in [0.5, 0.6) is 5.75 Å². The number of aliphatic hydroxyl groups is 1. The first-order chi connectivity index (χ1) is 9.65. The Bertz CT molecular complexity index is 578. The van der Waals surface area contributed by atoms with Crippen molar-refractivity contribution in [3.63, 3.8) is 0 Å². The van der Waals surface area contributed by atoms with E-state index in [1.165, 1.54) is 11.1 Å². The van der Waals surface area contributed by atoms with Gasteiger partial charge >= 0.3 is 0 Å². The predicted molar refractivity (Wildman–Crippen MR) is 81.2 cm³/mol. The van der Waals surface area contributed by atoms with E-state index in [1.54, 1.807) is 11.3 Å². The van der Waals surface area contributed by atoms with E-state index in [9.17, 15) is 5.11 Å². The molecule has 0 spiro atoms. The zero-order valence-electron chi connectivity index (χ0n) is 11.6. The molecule has 0 amide bonds. The third kappa shape index (κ3) is 2.87. The van der Waals surface area contributed by atoms with Crippen molar-refractivity contribution in [2.24, 2.45) is 0 Å². The third-order valence-corrected chi connectivity index (χ3v) is 4.38. The van der Waals surface area contributed by atoms with Crippen molar-refractivity contribution in [2.45, 2.75) is 25.5 Å². The van der Waals surface area contributed by atoms with E-state index in [2.05, 4.69) is 17.4 Å². The summed E-state index contributed by atoms with van der Waals surface area (Å²) in [6, 6.07) is 8.28. The van der Waals surface area contributed by atoms with Crippen LogP contribution < -0.4 is 10.1 Å². The summed E-state index contributed by atoms with van der Waals surface area (Å²) in [5, 5.41) is 17.8. The monoisotopic (exact) mass is 289 g/mol. The summed E-state index contributed by atoms with van der Waals surface area (Å²) in [6.45, 7) is 3.93. The number of benzene rings is 1. The zero-order valence-corrected chi connectivity index (χ0v) is 12.4. The number of ether oxygens (including phenoxy) is 1. The van der Waals surface area contributed by atoms with Crippen LogP contribution in [0.3, 0.4) is 0 Å². The topological polar surface area (TPSA) is 41.5 Å². The first-order valence-electron chi connectivity index (χ1n) is 6.85. The summed E-state index contributed by atoms with van der Waals surface area (Å²) in [5.41, 5.74) is 2.67. The maximum absolute atomic E-state index is 10.4. The summed E-state index contributed by atoms with van der Waals surface area (Å²) < 4.78 is 5.50. The Morgan fingerprint density at radius 3 is 3.10 bits per heavy atom. The number of fused-ring (bicyclic) bond motifs is 1. The molecule has 1 atom stereocenters. The third-order valence-electron chi connectivity index (χ3n) is 3.70.